The van der Waals surface area contributed by atoms with Crippen LogP contribution in [0.2, 0.25) is 5.02 Å². The van der Waals surface area contributed by atoms with Crippen LogP contribution in [0, 0.1) is 11.6 Å². The number of carbonyl (C=O) groups excluding carboxylic acids is 2. The summed E-state index contributed by atoms with van der Waals surface area (Å²) in [6, 6.07) is 8.44. The van der Waals surface area contributed by atoms with Crippen LogP contribution in [0.4, 0.5) is 14.5 Å². The number of rotatable bonds is 5. The van der Waals surface area contributed by atoms with E-state index in [0.29, 0.717) is 24.3 Å². The van der Waals surface area contributed by atoms with Gasteiger partial charge in [-0.3, -0.25) is 9.59 Å². The van der Waals surface area contributed by atoms with Crippen LogP contribution < -0.4 is 5.32 Å². The second kappa shape index (κ2) is 8.07. The van der Waals surface area contributed by atoms with Crippen molar-refractivity contribution < 1.29 is 18.4 Å². The third kappa shape index (κ3) is 4.54. The van der Waals surface area contributed by atoms with E-state index in [1.54, 1.807) is 29.2 Å². The van der Waals surface area contributed by atoms with Crippen molar-refractivity contribution in [2.75, 3.05) is 11.9 Å². The van der Waals surface area contributed by atoms with E-state index in [2.05, 4.69) is 5.32 Å². The Labute approximate surface area is 149 Å². The Morgan fingerprint density at radius 2 is 1.80 bits per heavy atom. The topological polar surface area (TPSA) is 49.4 Å². The molecule has 0 saturated heterocycles. The molecule has 0 aliphatic rings. The van der Waals surface area contributed by atoms with Gasteiger partial charge in [0.2, 0.25) is 5.91 Å². The summed E-state index contributed by atoms with van der Waals surface area (Å²) >= 11 is 5.83. The first-order chi connectivity index (χ1) is 11.8. The minimum absolute atomic E-state index is 0.0905. The van der Waals surface area contributed by atoms with Gasteiger partial charge in [0.1, 0.15) is 0 Å². The first-order valence-corrected chi connectivity index (χ1v) is 8.00. The van der Waals surface area contributed by atoms with E-state index in [4.69, 9.17) is 11.6 Å². The van der Waals surface area contributed by atoms with E-state index in [1.165, 1.54) is 6.92 Å². The summed E-state index contributed by atoms with van der Waals surface area (Å²) in [6.07, 6.45) is 0. The molecule has 0 saturated carbocycles. The van der Waals surface area contributed by atoms with Crippen molar-refractivity contribution in [1.82, 2.24) is 4.90 Å². The lowest BCUT2D eigenvalue weighted by Crippen LogP contribution is -2.28. The first kappa shape index (κ1) is 18.9. The van der Waals surface area contributed by atoms with E-state index >= 15 is 0 Å². The molecule has 0 aliphatic heterocycles. The Hall–Kier alpha value is -2.47. The van der Waals surface area contributed by atoms with Gasteiger partial charge in [-0.2, -0.15) is 0 Å². The molecular formula is C18H17ClF2N2O2. The van der Waals surface area contributed by atoms with Gasteiger partial charge in [-0.05, 0) is 30.7 Å². The minimum atomic E-state index is -1.16. The van der Waals surface area contributed by atoms with Gasteiger partial charge in [-0.1, -0.05) is 29.8 Å². The highest BCUT2D eigenvalue weighted by molar-refractivity contribution is 6.34. The maximum Gasteiger partial charge on any atom is 0.257 e. The number of benzene rings is 2. The minimum Gasteiger partial charge on any atom is -0.339 e. The maximum absolute atomic E-state index is 13.4. The van der Waals surface area contributed by atoms with Crippen LogP contribution in [0.1, 0.15) is 29.8 Å². The van der Waals surface area contributed by atoms with Crippen LogP contribution in [0.5, 0.6) is 0 Å². The van der Waals surface area contributed by atoms with Crippen molar-refractivity contribution in [2.45, 2.75) is 20.4 Å². The van der Waals surface area contributed by atoms with Gasteiger partial charge < -0.3 is 10.2 Å². The summed E-state index contributed by atoms with van der Waals surface area (Å²) < 4.78 is 26.5. The van der Waals surface area contributed by atoms with Crippen LogP contribution in [0.15, 0.2) is 36.4 Å². The molecule has 0 radical (unpaired) electrons. The quantitative estimate of drug-likeness (QED) is 0.805. The van der Waals surface area contributed by atoms with Gasteiger partial charge in [0.15, 0.2) is 11.6 Å². The van der Waals surface area contributed by atoms with Crippen LogP contribution in [0.25, 0.3) is 0 Å². The van der Waals surface area contributed by atoms with Gasteiger partial charge in [0.25, 0.3) is 5.91 Å². The standard InChI is InChI=1S/C18H17ClF2N2O2/c1-3-23(11(2)24)10-12-6-4-5-7-17(12)22-18(25)13-8-15(20)16(21)9-14(13)19/h4-9H,3,10H2,1-2H3,(H,22,25). The molecule has 0 atom stereocenters. The van der Waals surface area contributed by atoms with Crippen LogP contribution >= 0.6 is 11.6 Å². The van der Waals surface area contributed by atoms with E-state index < -0.39 is 17.5 Å². The van der Waals surface area contributed by atoms with Crippen molar-refractivity contribution in [2.24, 2.45) is 0 Å². The largest absolute Gasteiger partial charge is 0.339 e. The molecule has 0 aromatic heterocycles. The molecule has 2 aromatic rings. The van der Waals surface area contributed by atoms with Gasteiger partial charge in [-0.25, -0.2) is 8.78 Å². The van der Waals surface area contributed by atoms with E-state index in [1.807, 2.05) is 6.92 Å². The van der Waals surface area contributed by atoms with Crippen molar-refractivity contribution >= 4 is 29.1 Å². The Morgan fingerprint density at radius 1 is 1.16 bits per heavy atom. The van der Waals surface area contributed by atoms with Crippen LogP contribution in [-0.2, 0) is 11.3 Å². The molecule has 2 aromatic carbocycles. The highest BCUT2D eigenvalue weighted by atomic mass is 35.5. The monoisotopic (exact) mass is 366 g/mol. The van der Waals surface area contributed by atoms with Crippen LogP contribution in [0.3, 0.4) is 0 Å². The summed E-state index contributed by atoms with van der Waals surface area (Å²) in [6.45, 7) is 4.15. The average molecular weight is 367 g/mol. The van der Waals surface area contributed by atoms with Crippen molar-refractivity contribution in [3.8, 4) is 0 Å². The highest BCUT2D eigenvalue weighted by Crippen LogP contribution is 2.23. The summed E-state index contributed by atoms with van der Waals surface area (Å²) in [5.41, 5.74) is 1.01. The lowest BCUT2D eigenvalue weighted by molar-refractivity contribution is -0.129. The maximum atomic E-state index is 13.4. The Balaban J connectivity index is 2.27. The van der Waals surface area contributed by atoms with Gasteiger partial charge >= 0.3 is 0 Å². The number of hydrogen-bond acceptors (Lipinski definition) is 2. The summed E-state index contributed by atoms with van der Waals surface area (Å²) in [5.74, 6) is -3.03. The predicted octanol–water partition coefficient (Wildman–Crippen LogP) is 4.24. The van der Waals surface area contributed by atoms with E-state index in [0.717, 1.165) is 12.1 Å². The van der Waals surface area contributed by atoms with Gasteiger partial charge in [-0.15, -0.1) is 0 Å². The van der Waals surface area contributed by atoms with Crippen LogP contribution in [-0.4, -0.2) is 23.3 Å². The average Bonchev–Trinajstić information content (AvgIpc) is 2.56. The smallest absolute Gasteiger partial charge is 0.257 e. The van der Waals surface area contributed by atoms with Crippen molar-refractivity contribution in [1.29, 1.82) is 0 Å². The lowest BCUT2D eigenvalue weighted by atomic mass is 10.1. The zero-order chi connectivity index (χ0) is 18.6. The number of hydrogen-bond donors (Lipinski definition) is 1. The molecule has 0 spiro atoms. The molecule has 0 heterocycles. The van der Waals surface area contributed by atoms with E-state index in [-0.39, 0.29) is 16.5 Å². The van der Waals surface area contributed by atoms with Gasteiger partial charge in [0.05, 0.1) is 10.6 Å². The Morgan fingerprint density at radius 3 is 2.44 bits per heavy atom. The fraction of sp³-hybridized carbons (Fsp3) is 0.222. The summed E-state index contributed by atoms with van der Waals surface area (Å²) in [7, 11) is 0. The van der Waals surface area contributed by atoms with Gasteiger partial charge in [0, 0.05) is 25.7 Å². The normalized spacial score (nSPS) is 10.4. The SMILES string of the molecule is CCN(Cc1ccccc1NC(=O)c1cc(F)c(F)cc1Cl)C(C)=O. The molecule has 7 heteroatoms. The molecule has 0 bridgehead atoms. The third-order valence-corrected chi connectivity index (χ3v) is 4.02. The Bertz CT molecular complexity index is 812. The predicted molar refractivity (Wildman–Crippen MR) is 92.5 cm³/mol. The molecule has 0 aliphatic carbocycles. The zero-order valence-electron chi connectivity index (χ0n) is 13.8. The molecule has 25 heavy (non-hydrogen) atoms. The van der Waals surface area contributed by atoms with Crippen molar-refractivity contribution in [3.63, 3.8) is 0 Å². The number of nitrogens with zero attached hydrogens (tertiary/aromatic N) is 1. The van der Waals surface area contributed by atoms with E-state index in [9.17, 15) is 18.4 Å². The molecule has 132 valence electrons. The fourth-order valence-electron chi connectivity index (χ4n) is 2.32. The number of halogens is 3. The highest BCUT2D eigenvalue weighted by Gasteiger charge is 2.17. The second-order valence-electron chi connectivity index (χ2n) is 5.39. The molecule has 0 fully saturated rings. The zero-order valence-corrected chi connectivity index (χ0v) is 14.5. The molecule has 1 N–H and O–H groups in total. The first-order valence-electron chi connectivity index (χ1n) is 7.62. The number of amides is 2. The number of carbonyl (C=O) groups is 2. The molecule has 0 unspecified atom stereocenters. The molecule has 2 amide bonds. The third-order valence-electron chi connectivity index (χ3n) is 3.71. The Kier molecular flexibility index (Phi) is 6.09. The molecular weight excluding hydrogens is 350 g/mol. The molecule has 4 nitrogen and oxygen atoms in total. The fourth-order valence-corrected chi connectivity index (χ4v) is 2.55. The summed E-state index contributed by atoms with van der Waals surface area (Å²) in [5, 5.41) is 2.45. The molecule has 2 rings (SSSR count). The number of nitrogens with one attached hydrogen (secondary N) is 1. The number of anilines is 1. The van der Waals surface area contributed by atoms with Crippen molar-refractivity contribution in [3.05, 3.63) is 64.2 Å². The number of para-hydroxylation sites is 1. The lowest BCUT2D eigenvalue weighted by Gasteiger charge is -2.21. The second-order valence-corrected chi connectivity index (χ2v) is 5.80. The summed E-state index contributed by atoms with van der Waals surface area (Å²) in [4.78, 5) is 25.6.